The lowest BCUT2D eigenvalue weighted by Gasteiger charge is -2.32. The summed E-state index contributed by atoms with van der Waals surface area (Å²) >= 11 is 0. The summed E-state index contributed by atoms with van der Waals surface area (Å²) in [6.07, 6.45) is 3.06. The fourth-order valence-corrected chi connectivity index (χ4v) is 5.52. The van der Waals surface area contributed by atoms with Crippen molar-refractivity contribution in [3.05, 3.63) is 24.3 Å². The minimum Gasteiger partial charge on any atom is -0.402 e. The van der Waals surface area contributed by atoms with E-state index in [1.54, 1.807) is 0 Å². The molecule has 0 amide bonds. The summed E-state index contributed by atoms with van der Waals surface area (Å²) in [4.78, 5) is 11.3. The monoisotopic (exact) mass is 449 g/mol. The minimum atomic E-state index is -4.82. The van der Waals surface area contributed by atoms with E-state index in [2.05, 4.69) is 19.2 Å². The van der Waals surface area contributed by atoms with Crippen LogP contribution >= 0.6 is 0 Å². The van der Waals surface area contributed by atoms with Crippen molar-refractivity contribution in [2.24, 2.45) is 11.8 Å². The number of alkyl halides is 3. The van der Waals surface area contributed by atoms with E-state index in [1.165, 1.54) is 12.3 Å². The minimum absolute atomic E-state index is 0.294. The molecule has 7 nitrogen and oxygen atoms in total. The number of fused-ring (bicyclic) bond motifs is 1. The van der Waals surface area contributed by atoms with Crippen molar-refractivity contribution in [2.45, 2.75) is 50.0 Å². The Balaban J connectivity index is 1.23. The number of imidazole rings is 1. The molecular weight excluding hydrogens is 423 g/mol. The molecule has 4 heterocycles. The van der Waals surface area contributed by atoms with Crippen molar-refractivity contribution < 1.29 is 22.6 Å². The zero-order valence-electron chi connectivity index (χ0n) is 17.6. The van der Waals surface area contributed by atoms with Crippen molar-refractivity contribution in [3.63, 3.8) is 0 Å². The Bertz CT molecular complexity index is 1000. The van der Waals surface area contributed by atoms with Crippen molar-refractivity contribution in [1.82, 2.24) is 19.4 Å². The average Bonchev–Trinajstić information content (AvgIpc) is 3.63. The maximum atomic E-state index is 12.7. The van der Waals surface area contributed by atoms with Gasteiger partial charge < -0.3 is 19.8 Å². The Morgan fingerprint density at radius 1 is 1.09 bits per heavy atom. The van der Waals surface area contributed by atoms with Gasteiger partial charge in [-0.3, -0.25) is 4.90 Å². The maximum absolute atomic E-state index is 12.7. The average molecular weight is 449 g/mol. The van der Waals surface area contributed by atoms with Crippen LogP contribution in [0.4, 0.5) is 19.0 Å². The van der Waals surface area contributed by atoms with E-state index in [0.29, 0.717) is 41.1 Å². The molecule has 0 radical (unpaired) electrons. The fourth-order valence-electron chi connectivity index (χ4n) is 5.52. The van der Waals surface area contributed by atoms with Crippen molar-refractivity contribution in [1.29, 1.82) is 0 Å². The highest BCUT2D eigenvalue weighted by atomic mass is 19.4. The van der Waals surface area contributed by atoms with Crippen LogP contribution in [0.2, 0.25) is 0 Å². The first kappa shape index (κ1) is 20.3. The summed E-state index contributed by atoms with van der Waals surface area (Å²) in [6, 6.07) is 2.33. The molecule has 4 fully saturated rings. The maximum Gasteiger partial charge on any atom is 0.573 e. The normalized spacial score (nSPS) is 28.7. The number of piperidine rings is 1. The lowest BCUT2D eigenvalue weighted by Crippen LogP contribution is -2.39. The first-order valence-corrected chi connectivity index (χ1v) is 11.3. The lowest BCUT2D eigenvalue weighted by atomic mass is 10.1. The number of nitrogens with zero attached hydrogens (tertiary/aromatic N) is 4. The van der Waals surface area contributed by atoms with Gasteiger partial charge >= 0.3 is 6.36 Å². The number of pyridine rings is 1. The second kappa shape index (κ2) is 7.34. The Kier molecular flexibility index (Phi) is 4.66. The highest BCUT2D eigenvalue weighted by Gasteiger charge is 2.58. The van der Waals surface area contributed by atoms with Crippen LogP contribution in [0.1, 0.15) is 43.5 Å². The Labute approximate surface area is 183 Å². The van der Waals surface area contributed by atoms with Gasteiger partial charge in [0.05, 0.1) is 5.69 Å². The molecule has 2 saturated heterocycles. The molecule has 0 aromatic carbocycles. The Morgan fingerprint density at radius 3 is 2.47 bits per heavy atom. The van der Waals surface area contributed by atoms with Crippen molar-refractivity contribution >= 4 is 5.82 Å². The number of likely N-dealkylation sites (tertiary alicyclic amines) is 1. The molecule has 10 heteroatoms. The van der Waals surface area contributed by atoms with Gasteiger partial charge in [-0.2, -0.15) is 0 Å². The summed E-state index contributed by atoms with van der Waals surface area (Å²) in [5.74, 6) is 1.93. The van der Waals surface area contributed by atoms with E-state index >= 15 is 0 Å². The zero-order chi connectivity index (χ0) is 22.0. The standard InChI is InChI=1S/C22H26F3N5O2/c23-22(24,25)32-18-7-13(8-27-20(18)26)17-11-30(21(28-17)12-1-2-12)19-15-9-29(10-16(15)19)14-3-5-31-6-4-14/h7-8,11-12,14-16,19H,1-6,9-10H2,(H2,26,27)/t15-,16+,19-. The third kappa shape index (κ3) is 3.73. The molecular formula is C22H26F3N5O2. The molecule has 2 saturated carbocycles. The second-order valence-electron chi connectivity index (χ2n) is 9.44. The van der Waals surface area contributed by atoms with Gasteiger partial charge in [0, 0.05) is 62.3 Å². The number of aromatic nitrogens is 3. The van der Waals surface area contributed by atoms with Crippen molar-refractivity contribution in [2.75, 3.05) is 32.0 Å². The molecule has 0 bridgehead atoms. The number of nitrogens with two attached hydrogens (primary N) is 1. The Hall–Kier alpha value is -2.33. The van der Waals surface area contributed by atoms with Crippen LogP contribution in [0.3, 0.4) is 0 Å². The number of halogens is 3. The van der Waals surface area contributed by atoms with Crippen molar-refractivity contribution in [3.8, 4) is 17.0 Å². The largest absolute Gasteiger partial charge is 0.573 e. The summed E-state index contributed by atoms with van der Waals surface area (Å²) in [5.41, 5.74) is 6.69. The summed E-state index contributed by atoms with van der Waals surface area (Å²) in [6.45, 7) is 3.91. The first-order valence-electron chi connectivity index (χ1n) is 11.3. The van der Waals surface area contributed by atoms with Gasteiger partial charge in [-0.05, 0) is 43.6 Å². The summed E-state index contributed by atoms with van der Waals surface area (Å²) in [5, 5.41) is 0. The van der Waals surface area contributed by atoms with Gasteiger partial charge in [0.1, 0.15) is 5.82 Å². The van der Waals surface area contributed by atoms with Crippen LogP contribution < -0.4 is 10.5 Å². The van der Waals surface area contributed by atoms with E-state index in [4.69, 9.17) is 15.5 Å². The van der Waals surface area contributed by atoms with Gasteiger partial charge in [-0.1, -0.05) is 0 Å². The number of anilines is 1. The van der Waals surface area contributed by atoms with Crippen LogP contribution in [0.25, 0.3) is 11.3 Å². The number of ether oxygens (including phenoxy) is 2. The lowest BCUT2D eigenvalue weighted by molar-refractivity contribution is -0.274. The third-order valence-corrected chi connectivity index (χ3v) is 7.31. The van der Waals surface area contributed by atoms with E-state index in [1.807, 2.05) is 6.20 Å². The van der Waals surface area contributed by atoms with E-state index < -0.39 is 12.1 Å². The molecule has 3 atom stereocenters. The predicted molar refractivity (Wildman–Crippen MR) is 110 cm³/mol. The highest BCUT2D eigenvalue weighted by molar-refractivity contribution is 5.64. The second-order valence-corrected chi connectivity index (χ2v) is 9.44. The molecule has 2 N–H and O–H groups in total. The molecule has 172 valence electrons. The summed E-state index contributed by atoms with van der Waals surface area (Å²) < 4.78 is 50.0. The fraction of sp³-hybridized carbons (Fsp3) is 0.636. The molecule has 0 spiro atoms. The number of nitrogen functional groups attached to an aromatic ring is 1. The molecule has 2 aromatic heterocycles. The van der Waals surface area contributed by atoms with Crippen LogP contribution in [0.5, 0.6) is 5.75 Å². The molecule has 0 unspecified atom stereocenters. The van der Waals surface area contributed by atoms with Gasteiger partial charge in [-0.15, -0.1) is 13.2 Å². The Morgan fingerprint density at radius 2 is 1.81 bits per heavy atom. The van der Waals surface area contributed by atoms with Gasteiger partial charge in [0.25, 0.3) is 0 Å². The van der Waals surface area contributed by atoms with Crippen LogP contribution in [0.15, 0.2) is 18.5 Å². The third-order valence-electron chi connectivity index (χ3n) is 7.31. The molecule has 2 aromatic rings. The molecule has 4 aliphatic rings. The summed E-state index contributed by atoms with van der Waals surface area (Å²) in [7, 11) is 0. The van der Waals surface area contributed by atoms with Crippen LogP contribution in [-0.2, 0) is 4.74 Å². The van der Waals surface area contributed by atoms with Gasteiger partial charge in [0.15, 0.2) is 11.6 Å². The highest BCUT2D eigenvalue weighted by Crippen LogP contribution is 2.58. The van der Waals surface area contributed by atoms with Crippen LogP contribution in [-0.4, -0.2) is 58.1 Å². The molecule has 2 aliphatic heterocycles. The quantitative estimate of drug-likeness (QED) is 0.752. The number of hydrogen-bond acceptors (Lipinski definition) is 6. The van der Waals surface area contributed by atoms with E-state index in [0.717, 1.165) is 57.8 Å². The van der Waals surface area contributed by atoms with Crippen LogP contribution in [0, 0.1) is 11.8 Å². The molecule has 6 rings (SSSR count). The topological polar surface area (TPSA) is 78.4 Å². The smallest absolute Gasteiger partial charge is 0.402 e. The van der Waals surface area contributed by atoms with Gasteiger partial charge in [-0.25, -0.2) is 9.97 Å². The first-order chi connectivity index (χ1) is 15.4. The van der Waals surface area contributed by atoms with Gasteiger partial charge in [0.2, 0.25) is 0 Å². The number of hydrogen-bond donors (Lipinski definition) is 1. The zero-order valence-corrected chi connectivity index (χ0v) is 17.6. The number of rotatable bonds is 5. The van der Waals surface area contributed by atoms with E-state index in [9.17, 15) is 13.2 Å². The molecule has 32 heavy (non-hydrogen) atoms. The SMILES string of the molecule is Nc1ncc(-c2cn([C@@H]3[C@@H]4CN(C5CCOCC5)C[C@@H]43)c(C3CC3)n2)cc1OC(F)(F)F. The predicted octanol–water partition coefficient (Wildman–Crippen LogP) is 3.59. The van der Waals surface area contributed by atoms with E-state index in [-0.39, 0.29) is 5.82 Å². The molecule has 2 aliphatic carbocycles.